The fourth-order valence-electron chi connectivity index (χ4n) is 8.62. The fourth-order valence-corrected chi connectivity index (χ4v) is 8.62. The Hall–Kier alpha value is -7.20. The molecule has 0 aliphatic rings. The van der Waals surface area contributed by atoms with Crippen LogP contribution >= 0.6 is 0 Å². The second kappa shape index (κ2) is 25.8. The second-order valence-corrected chi connectivity index (χ2v) is 18.9. The van der Waals surface area contributed by atoms with Crippen LogP contribution < -0.4 is 15.4 Å². The lowest BCUT2D eigenvalue weighted by Gasteiger charge is -2.43. The minimum Gasteiger partial charge on any atom is -0.508 e. The number of aliphatic carboxylic acids is 1. The van der Waals surface area contributed by atoms with E-state index in [2.05, 4.69) is 66.7 Å². The number of phenols is 2. The molecule has 5 N–H and O–H groups in total. The first-order chi connectivity index (χ1) is 32.6. The van der Waals surface area contributed by atoms with Gasteiger partial charge >= 0.3 is 11.9 Å². The summed E-state index contributed by atoms with van der Waals surface area (Å²) in [5.74, 6) is -0.592. The molecular formula is C56H70N2O11. The number of rotatable bonds is 23. The molecule has 13 nitrogen and oxygen atoms in total. The number of methoxy groups -OCH3 is 1. The molecule has 5 unspecified atom stereocenters. The van der Waals surface area contributed by atoms with Crippen molar-refractivity contribution in [1.82, 2.24) is 0 Å². The number of carboxylic acids is 1. The van der Waals surface area contributed by atoms with Crippen LogP contribution in [-0.2, 0) is 40.0 Å². The summed E-state index contributed by atoms with van der Waals surface area (Å²) in [5.41, 5.74) is -0.768. The van der Waals surface area contributed by atoms with E-state index in [0.717, 1.165) is 18.4 Å². The van der Waals surface area contributed by atoms with Crippen LogP contribution in [0.4, 0.5) is 11.4 Å². The Kier molecular flexibility index (Phi) is 21.0. The van der Waals surface area contributed by atoms with Gasteiger partial charge in [0.1, 0.15) is 23.9 Å². The van der Waals surface area contributed by atoms with Crippen LogP contribution in [-0.4, -0.2) is 46.2 Å². The van der Waals surface area contributed by atoms with E-state index in [-0.39, 0.29) is 30.9 Å². The molecule has 0 aromatic heterocycles. The average Bonchev–Trinajstić information content (AvgIpc) is 3.32. The van der Waals surface area contributed by atoms with E-state index < -0.39 is 39.5 Å². The molecule has 0 aliphatic carbocycles. The summed E-state index contributed by atoms with van der Waals surface area (Å²) in [4.78, 5) is 53.3. The lowest BCUT2D eigenvalue weighted by molar-refractivity contribution is -0.161. The first-order valence-electron chi connectivity index (χ1n) is 22.9. The van der Waals surface area contributed by atoms with Gasteiger partial charge in [-0.15, -0.1) is 0 Å². The highest BCUT2D eigenvalue weighted by Crippen LogP contribution is 2.49. The van der Waals surface area contributed by atoms with E-state index in [4.69, 9.17) is 14.2 Å². The van der Waals surface area contributed by atoms with Gasteiger partial charge in [0.05, 0.1) is 30.5 Å². The predicted octanol–water partition coefficient (Wildman–Crippen LogP) is 12.0. The predicted molar refractivity (Wildman–Crippen MR) is 269 cm³/mol. The summed E-state index contributed by atoms with van der Waals surface area (Å²) in [5, 5.41) is 34.8. The molecule has 0 radical (unpaired) electrons. The largest absolute Gasteiger partial charge is 0.508 e. The number of hydrogen-bond donors (Lipinski definition) is 5. The maximum atomic E-state index is 14.2. The minimum absolute atomic E-state index is 0.0254. The number of anilines is 2. The molecule has 4 aromatic rings. The van der Waals surface area contributed by atoms with Crippen molar-refractivity contribution in [2.75, 3.05) is 17.7 Å². The van der Waals surface area contributed by atoms with Crippen LogP contribution in [0.2, 0.25) is 0 Å². The first-order valence-corrected chi connectivity index (χ1v) is 22.9. The van der Waals surface area contributed by atoms with Gasteiger partial charge in [0.25, 0.3) is 0 Å². The van der Waals surface area contributed by atoms with E-state index in [0.29, 0.717) is 47.7 Å². The number of benzene rings is 4. The molecule has 0 spiro atoms. The molecular weight excluding hydrogens is 877 g/mol. The molecule has 0 aliphatic heterocycles. The third-order valence-electron chi connectivity index (χ3n) is 12.5. The van der Waals surface area contributed by atoms with Crippen LogP contribution in [0.15, 0.2) is 123 Å². The molecule has 0 saturated carbocycles. The maximum Gasteiger partial charge on any atom is 0.311 e. The highest BCUT2D eigenvalue weighted by Gasteiger charge is 2.52. The molecule has 2 amide bonds. The van der Waals surface area contributed by atoms with Gasteiger partial charge in [0, 0.05) is 22.2 Å². The molecule has 0 saturated heterocycles. The van der Waals surface area contributed by atoms with Gasteiger partial charge in [-0.1, -0.05) is 84.2 Å². The zero-order valence-corrected chi connectivity index (χ0v) is 41.5. The second-order valence-electron chi connectivity index (χ2n) is 18.9. The Balaban J connectivity index is 0.000000424. The van der Waals surface area contributed by atoms with E-state index in [1.807, 2.05) is 31.2 Å². The smallest absolute Gasteiger partial charge is 0.311 e. The number of phenolic OH excluding ortho intramolecular Hbond substituents is 2. The van der Waals surface area contributed by atoms with Crippen LogP contribution in [0.1, 0.15) is 122 Å². The molecule has 13 heteroatoms. The number of hydrogen-bond acceptors (Lipinski definition) is 10. The van der Waals surface area contributed by atoms with Crippen molar-refractivity contribution in [2.24, 2.45) is 21.7 Å². The zero-order valence-electron chi connectivity index (χ0n) is 41.5. The Bertz CT molecular complexity index is 2390. The number of amides is 2. The molecule has 5 atom stereocenters. The Morgan fingerprint density at radius 1 is 0.681 bits per heavy atom. The van der Waals surface area contributed by atoms with E-state index in [9.17, 15) is 34.5 Å². The van der Waals surface area contributed by atoms with Crippen LogP contribution in [0, 0.1) is 33.9 Å². The number of carbonyl (C=O) groups is 4. The quantitative estimate of drug-likeness (QED) is 0.0206. The van der Waals surface area contributed by atoms with Gasteiger partial charge in [0.15, 0.2) is 12.2 Å². The first kappa shape index (κ1) is 56.1. The van der Waals surface area contributed by atoms with Crippen molar-refractivity contribution >= 4 is 35.1 Å². The highest BCUT2D eigenvalue weighted by molar-refractivity contribution is 5.98. The third kappa shape index (κ3) is 16.8. The summed E-state index contributed by atoms with van der Waals surface area (Å²) in [6.07, 6.45) is 9.71. The van der Waals surface area contributed by atoms with Crippen molar-refractivity contribution < 1.29 is 53.4 Å². The van der Waals surface area contributed by atoms with E-state index in [1.54, 1.807) is 69.3 Å². The van der Waals surface area contributed by atoms with Crippen LogP contribution in [0.25, 0.3) is 0 Å². The highest BCUT2D eigenvalue weighted by atomic mass is 16.5. The average molecular weight is 947 g/mol. The van der Waals surface area contributed by atoms with Crippen molar-refractivity contribution in [3.63, 3.8) is 0 Å². The molecule has 4 aromatic carbocycles. The summed E-state index contributed by atoms with van der Waals surface area (Å²) >= 11 is 0. The standard InChI is InChI=1S/C34H46N2O8.C22H24O3/c1-9-32(5,27(38)35-25-15-17-26(37)18-16-25)21-33(6,22-34(7,30(42)43-8)20-31(3,4)29(40)41)28(39)36-24-13-11-23(12-14-24)19-44-10-2;1-4-18(20-6-10-21(23)11-7-20)16-17(3)19-8-12-22(13-9-19)25-15-14-24-5-2/h10-18,37H,2,9,19-22H2,1,3-8H3,(H,35,38)(H,36,39)(H,40,41);5-13,17-18,23H,2,4,16H2,1,3H3. The van der Waals surface area contributed by atoms with E-state index >= 15 is 0 Å². The van der Waals surface area contributed by atoms with Gasteiger partial charge in [-0.25, -0.2) is 0 Å². The van der Waals surface area contributed by atoms with Gasteiger partial charge in [0.2, 0.25) is 11.8 Å². The summed E-state index contributed by atoms with van der Waals surface area (Å²) in [6, 6.07) is 28.6. The minimum atomic E-state index is -1.39. The number of carbonyl (C=O) groups excluding carboxylic acids is 3. The van der Waals surface area contributed by atoms with Gasteiger partial charge in [-0.3, -0.25) is 19.2 Å². The summed E-state index contributed by atoms with van der Waals surface area (Å²) in [6.45, 7) is 21.6. The van der Waals surface area contributed by atoms with Gasteiger partial charge < -0.3 is 44.9 Å². The summed E-state index contributed by atoms with van der Waals surface area (Å²) < 4.78 is 20.3. The molecule has 0 fully saturated rings. The Labute approximate surface area is 407 Å². The third-order valence-corrected chi connectivity index (χ3v) is 12.5. The lowest BCUT2D eigenvalue weighted by Crippen LogP contribution is -2.48. The number of carboxylic acid groups (broad SMARTS) is 1. The fraction of sp³-hybridized carbons (Fsp3) is 0.393. The van der Waals surface area contributed by atoms with Crippen LogP contribution in [0.5, 0.6) is 17.2 Å². The lowest BCUT2D eigenvalue weighted by atomic mass is 9.61. The number of nitrogens with one attached hydrogen (secondary N) is 2. The van der Waals surface area contributed by atoms with Crippen molar-refractivity contribution in [2.45, 2.75) is 112 Å². The van der Waals surface area contributed by atoms with Crippen LogP contribution in [0.3, 0.4) is 0 Å². The zero-order chi connectivity index (χ0) is 51.4. The van der Waals surface area contributed by atoms with Crippen molar-refractivity contribution in [3.8, 4) is 29.5 Å². The molecule has 0 heterocycles. The number of esters is 1. The normalized spacial score (nSPS) is 14.3. The number of aromatic hydroxyl groups is 2. The van der Waals surface area contributed by atoms with Gasteiger partial charge in [-0.05, 0) is 148 Å². The van der Waals surface area contributed by atoms with Gasteiger partial charge in [-0.2, -0.15) is 0 Å². The van der Waals surface area contributed by atoms with Crippen molar-refractivity contribution in [1.29, 1.82) is 0 Å². The number of ether oxygens (including phenoxy) is 4. The molecule has 4 rings (SSSR count). The molecule has 370 valence electrons. The Morgan fingerprint density at radius 3 is 1.68 bits per heavy atom. The van der Waals surface area contributed by atoms with E-state index in [1.165, 1.54) is 56.7 Å². The monoisotopic (exact) mass is 946 g/mol. The summed E-state index contributed by atoms with van der Waals surface area (Å²) in [7, 11) is 1.23. The van der Waals surface area contributed by atoms with Crippen molar-refractivity contribution in [3.05, 3.63) is 139 Å². The molecule has 0 bridgehead atoms. The topological polar surface area (TPSA) is 190 Å². The Morgan fingerprint density at radius 2 is 1.19 bits per heavy atom. The molecule has 69 heavy (non-hydrogen) atoms. The SMILES string of the molecule is C=COC#COc1ccc(C(C)CC(CC)c2ccc(O)cc2)cc1.C=COCc1ccc(NC(=O)C(C)(CC(C)(CC)C(=O)Nc2ccc(O)cc2)CC(C)(CC(C)(C)C(=O)O)C(=O)OC)cc1. The maximum absolute atomic E-state index is 14.2.